The molecule has 0 spiro atoms. The molecule has 182 valence electrons. The number of anilines is 1. The number of carbonyl (C=O) groups is 1. The average Bonchev–Trinajstić information content (AvgIpc) is 2.89. The number of nitrogens with zero attached hydrogens (tertiary/aromatic N) is 4. The van der Waals surface area contributed by atoms with E-state index in [-0.39, 0.29) is 18.1 Å². The van der Waals surface area contributed by atoms with E-state index in [0.29, 0.717) is 37.1 Å². The van der Waals surface area contributed by atoms with Gasteiger partial charge in [-0.1, -0.05) is 18.2 Å². The molecule has 35 heavy (non-hydrogen) atoms. The maximum atomic E-state index is 13.8. The van der Waals surface area contributed by atoms with Crippen LogP contribution in [0.15, 0.2) is 48.5 Å². The molecule has 2 aliphatic rings. The number of carbonyl (C=O) groups excluding carboxylic acids is 1. The van der Waals surface area contributed by atoms with E-state index >= 15 is 0 Å². The molecule has 0 aliphatic carbocycles. The van der Waals surface area contributed by atoms with Crippen LogP contribution in [0.3, 0.4) is 0 Å². The first-order valence-corrected chi connectivity index (χ1v) is 12.1. The average molecular weight is 477 g/mol. The molecule has 0 bridgehead atoms. The Labute approximate surface area is 204 Å². The van der Waals surface area contributed by atoms with Crippen LogP contribution in [-0.4, -0.2) is 47.5 Å². The van der Waals surface area contributed by atoms with Crippen LogP contribution in [0, 0.1) is 5.82 Å². The van der Waals surface area contributed by atoms with Crippen LogP contribution < -0.4 is 14.4 Å². The summed E-state index contributed by atoms with van der Waals surface area (Å²) in [5, 5.41) is 0. The molecule has 2 aromatic carbocycles. The van der Waals surface area contributed by atoms with Crippen LogP contribution in [-0.2, 0) is 24.2 Å². The molecule has 0 radical (unpaired) electrons. The van der Waals surface area contributed by atoms with Gasteiger partial charge in [0, 0.05) is 32.1 Å². The Morgan fingerprint density at radius 1 is 1.00 bits per heavy atom. The van der Waals surface area contributed by atoms with Gasteiger partial charge in [-0.25, -0.2) is 9.37 Å². The second kappa shape index (κ2) is 10.3. The van der Waals surface area contributed by atoms with Crippen molar-refractivity contribution >= 4 is 11.9 Å². The third-order valence-electron chi connectivity index (χ3n) is 6.50. The standard InChI is InChI=1S/C27H29FN4O3/c1-34-21-9-5-7-19(15-21)16-25(33)32-14-11-24-23(18-32)26(35-22-10-6-8-20(28)17-22)30-27(29-24)31-12-3-2-4-13-31/h5-10,15,17H,2-4,11-14,16,18H2,1H3. The normalized spacial score (nSPS) is 15.5. The van der Waals surface area contributed by atoms with Crippen molar-refractivity contribution in [2.24, 2.45) is 0 Å². The van der Waals surface area contributed by atoms with Gasteiger partial charge in [-0.05, 0) is 49.1 Å². The number of ether oxygens (including phenoxy) is 2. The summed E-state index contributed by atoms with van der Waals surface area (Å²) in [5.74, 6) is 1.77. The predicted octanol–water partition coefficient (Wildman–Crippen LogP) is 4.53. The number of halogens is 1. The smallest absolute Gasteiger partial charge is 0.229 e. The monoisotopic (exact) mass is 476 g/mol. The minimum absolute atomic E-state index is 0.0146. The van der Waals surface area contributed by atoms with E-state index in [1.165, 1.54) is 18.6 Å². The quantitative estimate of drug-likeness (QED) is 0.521. The van der Waals surface area contributed by atoms with Crippen LogP contribution in [0.5, 0.6) is 17.4 Å². The van der Waals surface area contributed by atoms with Crippen molar-refractivity contribution in [1.82, 2.24) is 14.9 Å². The number of rotatable bonds is 6. The highest BCUT2D eigenvalue weighted by molar-refractivity contribution is 5.79. The Morgan fingerprint density at radius 2 is 1.80 bits per heavy atom. The van der Waals surface area contributed by atoms with E-state index in [1.807, 2.05) is 29.2 Å². The molecule has 2 aliphatic heterocycles. The van der Waals surface area contributed by atoms with Crippen molar-refractivity contribution in [3.05, 3.63) is 71.2 Å². The lowest BCUT2D eigenvalue weighted by Crippen LogP contribution is -2.38. The first-order valence-electron chi connectivity index (χ1n) is 12.1. The van der Waals surface area contributed by atoms with Gasteiger partial charge < -0.3 is 19.3 Å². The highest BCUT2D eigenvalue weighted by Crippen LogP contribution is 2.32. The summed E-state index contributed by atoms with van der Waals surface area (Å²) in [4.78, 5) is 26.8. The van der Waals surface area contributed by atoms with Gasteiger partial charge in [-0.15, -0.1) is 0 Å². The molecule has 1 saturated heterocycles. The summed E-state index contributed by atoms with van der Waals surface area (Å²) < 4.78 is 25.2. The first kappa shape index (κ1) is 23.1. The molecule has 0 N–H and O–H groups in total. The molecular weight excluding hydrogens is 447 g/mol. The summed E-state index contributed by atoms with van der Waals surface area (Å²) >= 11 is 0. The van der Waals surface area contributed by atoms with Crippen LogP contribution in [0.2, 0.25) is 0 Å². The Hall–Kier alpha value is -3.68. The van der Waals surface area contributed by atoms with Gasteiger partial charge in [0.25, 0.3) is 0 Å². The highest BCUT2D eigenvalue weighted by Gasteiger charge is 2.28. The molecular formula is C27H29FN4O3. The molecule has 0 saturated carbocycles. The molecule has 0 unspecified atom stereocenters. The molecule has 1 fully saturated rings. The van der Waals surface area contributed by atoms with E-state index in [2.05, 4.69) is 4.90 Å². The first-order chi connectivity index (χ1) is 17.1. The maximum absolute atomic E-state index is 13.8. The number of methoxy groups -OCH3 is 1. The number of amides is 1. The lowest BCUT2D eigenvalue weighted by Gasteiger charge is -2.32. The number of piperidine rings is 1. The number of hydrogen-bond acceptors (Lipinski definition) is 6. The Balaban J connectivity index is 1.42. The fraction of sp³-hybridized carbons (Fsp3) is 0.370. The molecule has 7 nitrogen and oxygen atoms in total. The number of hydrogen-bond donors (Lipinski definition) is 0. The van der Waals surface area contributed by atoms with Gasteiger partial charge in [-0.2, -0.15) is 4.98 Å². The van der Waals surface area contributed by atoms with Gasteiger partial charge >= 0.3 is 0 Å². The van der Waals surface area contributed by atoms with E-state index in [4.69, 9.17) is 19.4 Å². The van der Waals surface area contributed by atoms with Crippen LogP contribution in [0.1, 0.15) is 36.1 Å². The van der Waals surface area contributed by atoms with E-state index in [1.54, 1.807) is 19.2 Å². The van der Waals surface area contributed by atoms with Gasteiger partial charge in [0.05, 0.1) is 31.3 Å². The largest absolute Gasteiger partial charge is 0.497 e. The molecule has 5 rings (SSSR count). The molecule has 3 heterocycles. The van der Waals surface area contributed by atoms with Crippen molar-refractivity contribution in [1.29, 1.82) is 0 Å². The van der Waals surface area contributed by atoms with Crippen molar-refractivity contribution in [2.75, 3.05) is 31.6 Å². The maximum Gasteiger partial charge on any atom is 0.229 e. The highest BCUT2D eigenvalue weighted by atomic mass is 19.1. The minimum atomic E-state index is -0.378. The summed E-state index contributed by atoms with van der Waals surface area (Å²) in [6.07, 6.45) is 4.31. The zero-order valence-electron chi connectivity index (χ0n) is 19.9. The van der Waals surface area contributed by atoms with Crippen molar-refractivity contribution in [3.63, 3.8) is 0 Å². The summed E-state index contributed by atoms with van der Waals surface area (Å²) in [6, 6.07) is 13.6. The van der Waals surface area contributed by atoms with Crippen molar-refractivity contribution in [2.45, 2.75) is 38.6 Å². The SMILES string of the molecule is COc1cccc(CC(=O)N2CCc3nc(N4CCCCC4)nc(Oc4cccc(F)c4)c3C2)c1. The van der Waals surface area contributed by atoms with E-state index in [0.717, 1.165) is 48.5 Å². The second-order valence-corrected chi connectivity index (χ2v) is 8.95. The topological polar surface area (TPSA) is 67.8 Å². The summed E-state index contributed by atoms with van der Waals surface area (Å²) in [5.41, 5.74) is 2.56. The zero-order chi connectivity index (χ0) is 24.2. The number of benzene rings is 2. The summed E-state index contributed by atoms with van der Waals surface area (Å²) in [6.45, 7) is 2.74. The van der Waals surface area contributed by atoms with Crippen molar-refractivity contribution in [3.8, 4) is 17.4 Å². The second-order valence-electron chi connectivity index (χ2n) is 8.95. The van der Waals surface area contributed by atoms with Crippen molar-refractivity contribution < 1.29 is 18.7 Å². The Kier molecular flexibility index (Phi) is 6.79. The fourth-order valence-corrected chi connectivity index (χ4v) is 4.61. The summed E-state index contributed by atoms with van der Waals surface area (Å²) in [7, 11) is 1.61. The van der Waals surface area contributed by atoms with E-state index in [9.17, 15) is 9.18 Å². The Morgan fingerprint density at radius 3 is 2.60 bits per heavy atom. The zero-order valence-corrected chi connectivity index (χ0v) is 19.9. The number of fused-ring (bicyclic) bond motifs is 1. The minimum Gasteiger partial charge on any atom is -0.497 e. The molecule has 1 amide bonds. The van der Waals surface area contributed by atoms with Crippen LogP contribution >= 0.6 is 0 Å². The lowest BCUT2D eigenvalue weighted by molar-refractivity contribution is -0.131. The molecule has 0 atom stereocenters. The van der Waals surface area contributed by atoms with Gasteiger partial charge in [-0.3, -0.25) is 4.79 Å². The predicted molar refractivity (Wildman–Crippen MR) is 130 cm³/mol. The van der Waals surface area contributed by atoms with Crippen LogP contribution in [0.25, 0.3) is 0 Å². The van der Waals surface area contributed by atoms with E-state index < -0.39 is 0 Å². The third-order valence-corrected chi connectivity index (χ3v) is 6.50. The Bertz CT molecular complexity index is 1210. The van der Waals surface area contributed by atoms with Gasteiger partial charge in [0.15, 0.2) is 0 Å². The molecule has 3 aromatic rings. The number of aromatic nitrogens is 2. The van der Waals surface area contributed by atoms with Crippen LogP contribution in [0.4, 0.5) is 10.3 Å². The lowest BCUT2D eigenvalue weighted by atomic mass is 10.0. The third kappa shape index (κ3) is 5.37. The van der Waals surface area contributed by atoms with Gasteiger partial charge in [0.2, 0.25) is 17.7 Å². The molecule has 8 heteroatoms. The molecule has 1 aromatic heterocycles. The van der Waals surface area contributed by atoms with Gasteiger partial charge in [0.1, 0.15) is 17.3 Å². The fourth-order valence-electron chi connectivity index (χ4n) is 4.61.